The molecule has 2 rings (SSSR count). The summed E-state index contributed by atoms with van der Waals surface area (Å²) in [5.74, 6) is 0.739. The number of rotatable bonds is 8. The Bertz CT molecular complexity index is 337. The van der Waals surface area contributed by atoms with Crippen molar-refractivity contribution in [2.45, 2.75) is 38.0 Å². The number of aliphatic hydroxyl groups is 1. The minimum atomic E-state index is 0.340. The summed E-state index contributed by atoms with van der Waals surface area (Å²) in [6.07, 6.45) is 5.82. The van der Waals surface area contributed by atoms with Crippen molar-refractivity contribution in [3.8, 4) is 0 Å². The van der Waals surface area contributed by atoms with Gasteiger partial charge in [0.25, 0.3) is 0 Å². The molecule has 2 N–H and O–H groups in total. The normalized spacial score (nSPS) is 17.6. The van der Waals surface area contributed by atoms with Gasteiger partial charge in [-0.05, 0) is 36.9 Å². The van der Waals surface area contributed by atoms with Crippen LogP contribution in [-0.2, 0) is 6.42 Å². The maximum atomic E-state index is 8.66. The van der Waals surface area contributed by atoms with E-state index in [9.17, 15) is 0 Å². The minimum absolute atomic E-state index is 0.340. The van der Waals surface area contributed by atoms with E-state index in [1.165, 1.54) is 24.8 Å². The molecule has 1 atom stereocenters. The van der Waals surface area contributed by atoms with Crippen molar-refractivity contribution in [1.82, 2.24) is 5.32 Å². The number of nitrogens with one attached hydrogen (secondary N) is 1. The molecule has 94 valence electrons. The predicted molar refractivity (Wildman–Crippen MR) is 71.3 cm³/mol. The van der Waals surface area contributed by atoms with Crippen molar-refractivity contribution >= 4 is 0 Å². The Labute approximate surface area is 104 Å². The lowest BCUT2D eigenvalue weighted by Crippen LogP contribution is -2.29. The molecule has 0 bridgehead atoms. The summed E-state index contributed by atoms with van der Waals surface area (Å²) in [5, 5.41) is 12.2. The highest BCUT2D eigenvalue weighted by Gasteiger charge is 2.24. The van der Waals surface area contributed by atoms with Gasteiger partial charge < -0.3 is 10.4 Å². The maximum absolute atomic E-state index is 8.66. The number of hydrogen-bond donors (Lipinski definition) is 2. The molecule has 0 saturated carbocycles. The van der Waals surface area contributed by atoms with Crippen molar-refractivity contribution in [3.05, 3.63) is 35.4 Å². The standard InChI is InChI=1S/C15H23NO/c17-10-6-2-1-5-9-16-12-14-11-13-7-3-4-8-15(13)14/h3-4,7-8,14,16-17H,1-2,5-6,9-12H2. The summed E-state index contributed by atoms with van der Waals surface area (Å²) in [6, 6.07) is 8.76. The molecule has 2 nitrogen and oxygen atoms in total. The number of fused-ring (bicyclic) bond motifs is 1. The van der Waals surface area contributed by atoms with Crippen LogP contribution in [-0.4, -0.2) is 24.8 Å². The lowest BCUT2D eigenvalue weighted by atomic mass is 9.77. The summed E-state index contributed by atoms with van der Waals surface area (Å²) in [6.45, 7) is 2.58. The fraction of sp³-hybridized carbons (Fsp3) is 0.600. The Morgan fingerprint density at radius 1 is 1.12 bits per heavy atom. The second kappa shape index (κ2) is 6.77. The van der Waals surface area contributed by atoms with Gasteiger partial charge in [0.05, 0.1) is 0 Å². The van der Waals surface area contributed by atoms with E-state index < -0.39 is 0 Å². The van der Waals surface area contributed by atoms with Gasteiger partial charge in [0, 0.05) is 19.1 Å². The molecule has 1 aromatic rings. The van der Waals surface area contributed by atoms with Crippen molar-refractivity contribution < 1.29 is 5.11 Å². The zero-order valence-corrected chi connectivity index (χ0v) is 10.5. The van der Waals surface area contributed by atoms with E-state index >= 15 is 0 Å². The van der Waals surface area contributed by atoms with Crippen LogP contribution in [0.3, 0.4) is 0 Å². The number of aliphatic hydroxyl groups excluding tert-OH is 1. The van der Waals surface area contributed by atoms with Gasteiger partial charge in [-0.1, -0.05) is 37.1 Å². The minimum Gasteiger partial charge on any atom is -0.396 e. The van der Waals surface area contributed by atoms with Crippen LogP contribution in [0.5, 0.6) is 0 Å². The van der Waals surface area contributed by atoms with Gasteiger partial charge in [-0.25, -0.2) is 0 Å². The maximum Gasteiger partial charge on any atom is 0.0431 e. The van der Waals surface area contributed by atoms with Gasteiger partial charge in [-0.15, -0.1) is 0 Å². The van der Waals surface area contributed by atoms with Gasteiger partial charge in [-0.3, -0.25) is 0 Å². The van der Waals surface area contributed by atoms with Gasteiger partial charge >= 0.3 is 0 Å². The molecular formula is C15H23NO. The van der Waals surface area contributed by atoms with Crippen LogP contribution in [0, 0.1) is 0 Å². The summed E-state index contributed by atoms with van der Waals surface area (Å²) in [4.78, 5) is 0. The van der Waals surface area contributed by atoms with Crippen LogP contribution >= 0.6 is 0 Å². The third-order valence-corrected chi connectivity index (χ3v) is 3.61. The molecule has 1 aromatic carbocycles. The van der Waals surface area contributed by atoms with Crippen LogP contribution in [0.2, 0.25) is 0 Å². The van der Waals surface area contributed by atoms with E-state index in [2.05, 4.69) is 29.6 Å². The van der Waals surface area contributed by atoms with Crippen molar-refractivity contribution in [2.75, 3.05) is 19.7 Å². The quantitative estimate of drug-likeness (QED) is 0.676. The first-order chi connectivity index (χ1) is 8.42. The van der Waals surface area contributed by atoms with E-state index in [1.807, 2.05) is 0 Å². The number of unbranched alkanes of at least 4 members (excludes halogenated alkanes) is 3. The van der Waals surface area contributed by atoms with Gasteiger partial charge in [0.1, 0.15) is 0 Å². The molecule has 0 aromatic heterocycles. The second-order valence-corrected chi connectivity index (χ2v) is 4.94. The fourth-order valence-corrected chi connectivity index (χ4v) is 2.54. The lowest BCUT2D eigenvalue weighted by molar-refractivity contribution is 0.282. The van der Waals surface area contributed by atoms with E-state index in [4.69, 9.17) is 5.11 Å². The predicted octanol–water partition coefficient (Wildman–Crippen LogP) is 2.47. The van der Waals surface area contributed by atoms with Crippen LogP contribution < -0.4 is 5.32 Å². The molecule has 0 aliphatic heterocycles. The molecule has 0 heterocycles. The van der Waals surface area contributed by atoms with Crippen LogP contribution in [0.1, 0.15) is 42.7 Å². The largest absolute Gasteiger partial charge is 0.396 e. The molecule has 1 aliphatic carbocycles. The molecule has 1 aliphatic rings. The van der Waals surface area contributed by atoms with Gasteiger partial charge in [0.15, 0.2) is 0 Å². The van der Waals surface area contributed by atoms with E-state index in [0.717, 1.165) is 31.8 Å². The molecule has 0 fully saturated rings. The highest BCUT2D eigenvalue weighted by atomic mass is 16.2. The molecule has 0 spiro atoms. The number of hydrogen-bond acceptors (Lipinski definition) is 2. The monoisotopic (exact) mass is 233 g/mol. The Kier molecular flexibility index (Phi) is 5.02. The molecule has 17 heavy (non-hydrogen) atoms. The molecule has 0 saturated heterocycles. The van der Waals surface area contributed by atoms with Gasteiger partial charge in [0.2, 0.25) is 0 Å². The van der Waals surface area contributed by atoms with Crippen molar-refractivity contribution in [3.63, 3.8) is 0 Å². The van der Waals surface area contributed by atoms with Crippen LogP contribution in [0.15, 0.2) is 24.3 Å². The molecule has 0 radical (unpaired) electrons. The third kappa shape index (κ3) is 3.55. The Hall–Kier alpha value is -0.860. The SMILES string of the molecule is OCCCCCCNCC1Cc2ccccc21. The summed E-state index contributed by atoms with van der Waals surface area (Å²) < 4.78 is 0. The highest BCUT2D eigenvalue weighted by Crippen LogP contribution is 2.33. The summed E-state index contributed by atoms with van der Waals surface area (Å²) in [5.41, 5.74) is 3.07. The lowest BCUT2D eigenvalue weighted by Gasteiger charge is -2.30. The van der Waals surface area contributed by atoms with E-state index in [0.29, 0.717) is 6.61 Å². The van der Waals surface area contributed by atoms with E-state index in [1.54, 1.807) is 5.56 Å². The molecule has 1 unspecified atom stereocenters. The zero-order chi connectivity index (χ0) is 11.9. The van der Waals surface area contributed by atoms with Gasteiger partial charge in [-0.2, -0.15) is 0 Å². The fourth-order valence-electron chi connectivity index (χ4n) is 2.54. The average molecular weight is 233 g/mol. The smallest absolute Gasteiger partial charge is 0.0431 e. The van der Waals surface area contributed by atoms with Crippen LogP contribution in [0.4, 0.5) is 0 Å². The Balaban J connectivity index is 1.53. The molecular weight excluding hydrogens is 210 g/mol. The summed E-state index contributed by atoms with van der Waals surface area (Å²) in [7, 11) is 0. The van der Waals surface area contributed by atoms with E-state index in [-0.39, 0.29) is 0 Å². The first-order valence-electron chi connectivity index (χ1n) is 6.81. The van der Waals surface area contributed by atoms with Crippen molar-refractivity contribution in [1.29, 1.82) is 0 Å². The average Bonchev–Trinajstić information content (AvgIpc) is 2.33. The summed E-state index contributed by atoms with van der Waals surface area (Å²) >= 11 is 0. The number of benzene rings is 1. The first kappa shape index (κ1) is 12.6. The second-order valence-electron chi connectivity index (χ2n) is 4.94. The molecule has 0 amide bonds. The van der Waals surface area contributed by atoms with Crippen LogP contribution in [0.25, 0.3) is 0 Å². The first-order valence-corrected chi connectivity index (χ1v) is 6.81. The zero-order valence-electron chi connectivity index (χ0n) is 10.5. The Morgan fingerprint density at radius 2 is 1.94 bits per heavy atom. The topological polar surface area (TPSA) is 32.3 Å². The van der Waals surface area contributed by atoms with Crippen molar-refractivity contribution in [2.24, 2.45) is 0 Å². The Morgan fingerprint density at radius 3 is 2.76 bits per heavy atom. The highest BCUT2D eigenvalue weighted by molar-refractivity contribution is 5.40. The molecule has 2 heteroatoms. The third-order valence-electron chi connectivity index (χ3n) is 3.61.